The zero-order valence-corrected chi connectivity index (χ0v) is 13.3. The summed E-state index contributed by atoms with van der Waals surface area (Å²) in [7, 11) is 0. The number of hydrogen-bond acceptors (Lipinski definition) is 5. The van der Waals surface area contributed by atoms with Gasteiger partial charge in [-0.25, -0.2) is 9.78 Å². The maximum absolute atomic E-state index is 12.5. The molecular weight excluding hydrogens is 308 g/mol. The van der Waals surface area contributed by atoms with Crippen LogP contribution in [0.1, 0.15) is 22.8 Å². The molecule has 0 atom stereocenters. The van der Waals surface area contributed by atoms with E-state index in [2.05, 4.69) is 15.3 Å². The van der Waals surface area contributed by atoms with Crippen LogP contribution in [0.5, 0.6) is 0 Å². The van der Waals surface area contributed by atoms with Crippen molar-refractivity contribution in [1.82, 2.24) is 14.5 Å². The van der Waals surface area contributed by atoms with E-state index in [0.29, 0.717) is 23.4 Å². The van der Waals surface area contributed by atoms with Gasteiger partial charge in [0.1, 0.15) is 11.4 Å². The molecule has 0 saturated carbocycles. The first-order valence-electron chi connectivity index (χ1n) is 7.45. The first-order chi connectivity index (χ1) is 11.5. The Balaban J connectivity index is 2.24. The van der Waals surface area contributed by atoms with Gasteiger partial charge >= 0.3 is 5.97 Å². The Morgan fingerprint density at radius 1 is 1.33 bits per heavy atom. The normalized spacial score (nSPS) is 10.8. The fraction of sp³-hybridized carbons (Fsp3) is 0.176. The van der Waals surface area contributed by atoms with E-state index >= 15 is 0 Å². The molecule has 0 spiro atoms. The highest BCUT2D eigenvalue weighted by Gasteiger charge is 2.16. The number of nitrogens with one attached hydrogen (secondary N) is 1. The monoisotopic (exact) mass is 324 g/mol. The van der Waals surface area contributed by atoms with Crippen molar-refractivity contribution in [3.8, 4) is 0 Å². The Morgan fingerprint density at radius 2 is 2.12 bits per heavy atom. The van der Waals surface area contributed by atoms with Gasteiger partial charge in [0.05, 0.1) is 11.7 Å². The van der Waals surface area contributed by atoms with Crippen LogP contribution in [0.25, 0.3) is 10.9 Å². The lowest BCUT2D eigenvalue weighted by molar-refractivity contribution is 0.0695. The van der Waals surface area contributed by atoms with Gasteiger partial charge in [-0.2, -0.15) is 0 Å². The van der Waals surface area contributed by atoms with Crippen LogP contribution >= 0.6 is 0 Å². The molecule has 122 valence electrons. The fourth-order valence-electron chi connectivity index (χ4n) is 2.74. The number of pyridine rings is 1. The van der Waals surface area contributed by atoms with Crippen molar-refractivity contribution in [2.75, 3.05) is 5.32 Å². The molecule has 0 unspecified atom stereocenters. The first kappa shape index (κ1) is 15.7. The Hall–Kier alpha value is -3.22. The maximum atomic E-state index is 12.5. The van der Waals surface area contributed by atoms with Gasteiger partial charge < -0.3 is 15.0 Å². The zero-order chi connectivity index (χ0) is 17.3. The van der Waals surface area contributed by atoms with Gasteiger partial charge in [0.15, 0.2) is 0 Å². The number of carboxylic acids is 1. The summed E-state index contributed by atoms with van der Waals surface area (Å²) in [5.41, 5.74) is 1.53. The van der Waals surface area contributed by atoms with Crippen molar-refractivity contribution in [3.05, 3.63) is 58.3 Å². The smallest absolute Gasteiger partial charge is 0.341 e. The van der Waals surface area contributed by atoms with Gasteiger partial charge in [-0.1, -0.05) is 0 Å². The largest absolute Gasteiger partial charge is 0.477 e. The van der Waals surface area contributed by atoms with Crippen molar-refractivity contribution < 1.29 is 9.90 Å². The highest BCUT2D eigenvalue weighted by molar-refractivity contribution is 5.94. The number of aryl methyl sites for hydroxylation is 2. The predicted octanol–water partition coefficient (Wildman–Crippen LogP) is 2.56. The molecule has 2 heterocycles. The molecule has 2 N–H and O–H groups in total. The SMILES string of the molecule is CCn1cc(C(=O)O)c(=O)c2cc(Nc3cnccn3)cc(C)c21. The maximum Gasteiger partial charge on any atom is 0.341 e. The standard InChI is InChI=1S/C17H16N4O3/c1-3-21-9-13(17(23)24)16(22)12-7-11(6-10(2)15(12)21)20-14-8-18-4-5-19-14/h4-9H,3H2,1-2H3,(H,19,20)(H,23,24). The third-order valence-corrected chi connectivity index (χ3v) is 3.77. The van der Waals surface area contributed by atoms with E-state index in [-0.39, 0.29) is 5.56 Å². The number of anilines is 2. The molecule has 2 aromatic heterocycles. The molecular formula is C17H16N4O3. The minimum absolute atomic E-state index is 0.236. The Kier molecular flexibility index (Phi) is 3.99. The van der Waals surface area contributed by atoms with Crippen LogP contribution in [-0.2, 0) is 6.54 Å². The topological polar surface area (TPSA) is 97.1 Å². The van der Waals surface area contributed by atoms with E-state index in [1.807, 2.05) is 19.9 Å². The lowest BCUT2D eigenvalue weighted by atomic mass is 10.1. The van der Waals surface area contributed by atoms with E-state index in [1.54, 1.807) is 29.2 Å². The summed E-state index contributed by atoms with van der Waals surface area (Å²) in [6.07, 6.45) is 6.09. The first-order valence-corrected chi connectivity index (χ1v) is 7.45. The van der Waals surface area contributed by atoms with Crippen molar-refractivity contribution in [1.29, 1.82) is 0 Å². The quantitative estimate of drug-likeness (QED) is 0.765. The van der Waals surface area contributed by atoms with Gasteiger partial charge in [-0.3, -0.25) is 9.78 Å². The molecule has 7 nitrogen and oxygen atoms in total. The number of aromatic nitrogens is 3. The van der Waals surface area contributed by atoms with Crippen molar-refractivity contribution in [2.45, 2.75) is 20.4 Å². The molecule has 1 aromatic carbocycles. The third kappa shape index (κ3) is 2.71. The molecule has 0 radical (unpaired) electrons. The van der Waals surface area contributed by atoms with Crippen molar-refractivity contribution in [2.24, 2.45) is 0 Å². The predicted molar refractivity (Wildman–Crippen MR) is 90.9 cm³/mol. The van der Waals surface area contributed by atoms with Crippen LogP contribution in [0.2, 0.25) is 0 Å². The number of hydrogen-bond donors (Lipinski definition) is 2. The average molecular weight is 324 g/mol. The van der Waals surface area contributed by atoms with Gasteiger partial charge in [0.2, 0.25) is 5.43 Å². The Bertz CT molecular complexity index is 981. The van der Waals surface area contributed by atoms with Crippen LogP contribution in [0.4, 0.5) is 11.5 Å². The number of benzene rings is 1. The van der Waals surface area contributed by atoms with Crippen LogP contribution in [0.15, 0.2) is 41.7 Å². The molecule has 0 fully saturated rings. The summed E-state index contributed by atoms with van der Waals surface area (Å²) in [4.78, 5) is 32.0. The lowest BCUT2D eigenvalue weighted by Gasteiger charge is -2.14. The highest BCUT2D eigenvalue weighted by Crippen LogP contribution is 2.24. The average Bonchev–Trinajstić information content (AvgIpc) is 2.56. The molecule has 0 aliphatic carbocycles. The van der Waals surface area contributed by atoms with Crippen LogP contribution < -0.4 is 10.7 Å². The summed E-state index contributed by atoms with van der Waals surface area (Å²) >= 11 is 0. The molecule has 0 amide bonds. The number of aromatic carboxylic acids is 1. The number of nitrogens with zero attached hydrogens (tertiary/aromatic N) is 3. The number of carbonyl (C=O) groups is 1. The summed E-state index contributed by atoms with van der Waals surface area (Å²) in [6.45, 7) is 4.35. The number of carboxylic acid groups (broad SMARTS) is 1. The molecule has 7 heteroatoms. The number of fused-ring (bicyclic) bond motifs is 1. The van der Waals surface area contributed by atoms with Crippen molar-refractivity contribution >= 4 is 28.4 Å². The molecule has 0 aliphatic heterocycles. The van der Waals surface area contributed by atoms with E-state index in [9.17, 15) is 14.7 Å². The molecule has 24 heavy (non-hydrogen) atoms. The molecule has 0 bridgehead atoms. The van der Waals surface area contributed by atoms with Crippen molar-refractivity contribution in [3.63, 3.8) is 0 Å². The van der Waals surface area contributed by atoms with E-state index < -0.39 is 11.4 Å². The summed E-state index contributed by atoms with van der Waals surface area (Å²) < 4.78 is 1.78. The van der Waals surface area contributed by atoms with Crippen LogP contribution in [0.3, 0.4) is 0 Å². The van der Waals surface area contributed by atoms with Crippen LogP contribution in [0, 0.1) is 6.92 Å². The minimum atomic E-state index is -1.23. The fourth-order valence-corrected chi connectivity index (χ4v) is 2.74. The third-order valence-electron chi connectivity index (χ3n) is 3.77. The summed E-state index contributed by atoms with van der Waals surface area (Å²) in [5.74, 6) is -0.685. The molecule has 0 saturated heterocycles. The van der Waals surface area contributed by atoms with Gasteiger partial charge in [0, 0.05) is 36.2 Å². The van der Waals surface area contributed by atoms with E-state index in [4.69, 9.17) is 0 Å². The Labute approximate surface area is 137 Å². The number of rotatable bonds is 4. The second-order valence-electron chi connectivity index (χ2n) is 5.37. The zero-order valence-electron chi connectivity index (χ0n) is 13.3. The molecule has 3 rings (SSSR count). The van der Waals surface area contributed by atoms with E-state index in [1.165, 1.54) is 6.20 Å². The second-order valence-corrected chi connectivity index (χ2v) is 5.37. The molecule has 0 aliphatic rings. The van der Waals surface area contributed by atoms with Crippen LogP contribution in [-0.4, -0.2) is 25.6 Å². The summed E-state index contributed by atoms with van der Waals surface area (Å²) in [5, 5.41) is 12.7. The van der Waals surface area contributed by atoms with E-state index in [0.717, 1.165) is 11.1 Å². The van der Waals surface area contributed by atoms with Gasteiger partial charge in [-0.05, 0) is 31.5 Å². The molecule has 3 aromatic rings. The lowest BCUT2D eigenvalue weighted by Crippen LogP contribution is -2.19. The second kappa shape index (κ2) is 6.11. The highest BCUT2D eigenvalue weighted by atomic mass is 16.4. The Morgan fingerprint density at radius 3 is 2.75 bits per heavy atom. The summed E-state index contributed by atoms with van der Waals surface area (Å²) in [6, 6.07) is 3.54. The van der Waals surface area contributed by atoms with Gasteiger partial charge in [0.25, 0.3) is 0 Å². The minimum Gasteiger partial charge on any atom is -0.477 e. The van der Waals surface area contributed by atoms with Gasteiger partial charge in [-0.15, -0.1) is 0 Å².